The summed E-state index contributed by atoms with van der Waals surface area (Å²) in [5.74, 6) is 0.254. The van der Waals surface area contributed by atoms with Crippen LogP contribution in [0.1, 0.15) is 0 Å². The van der Waals surface area contributed by atoms with Crippen molar-refractivity contribution in [3.05, 3.63) is 17.3 Å². The van der Waals surface area contributed by atoms with Crippen LogP contribution in [0.2, 0.25) is 5.02 Å². The van der Waals surface area contributed by atoms with Gasteiger partial charge < -0.3 is 12.6 Å². The first-order chi connectivity index (χ1) is 5.90. The van der Waals surface area contributed by atoms with Crippen molar-refractivity contribution in [2.24, 2.45) is 4.36 Å². The third kappa shape index (κ3) is 4.42. The van der Waals surface area contributed by atoms with Gasteiger partial charge in [-0.2, -0.15) is 9.26 Å². The minimum absolute atomic E-state index is 0. The molecule has 1 aromatic heterocycles. The minimum atomic E-state index is -2.23. The summed E-state index contributed by atoms with van der Waals surface area (Å²) in [5, 5.41) is 0.286. The van der Waals surface area contributed by atoms with Gasteiger partial charge in [0.1, 0.15) is 0 Å². The number of pyridine rings is 1. The fourth-order valence-electron chi connectivity index (χ4n) is 0.687. The van der Waals surface area contributed by atoms with E-state index in [1.165, 1.54) is 18.7 Å². The predicted octanol–water partition coefficient (Wildman–Crippen LogP) is -0.996. The quantitative estimate of drug-likeness (QED) is 0.480. The van der Waals surface area contributed by atoms with Gasteiger partial charge in [-0.3, -0.25) is 0 Å². The van der Waals surface area contributed by atoms with Crippen molar-refractivity contribution in [2.75, 3.05) is 12.5 Å². The topological polar surface area (TPSA) is 42.3 Å². The van der Waals surface area contributed by atoms with Gasteiger partial charge in [-0.05, 0) is 0 Å². The van der Waals surface area contributed by atoms with Crippen LogP contribution >= 0.6 is 11.6 Å². The first kappa shape index (κ1) is 14.6. The van der Waals surface area contributed by atoms with Gasteiger partial charge in [0.2, 0.25) is 0 Å². The number of nitrogens with zero attached hydrogens (tertiary/aromatic N) is 2. The fourth-order valence-corrected chi connectivity index (χ4v) is 1.60. The maximum absolute atomic E-state index is 11.3. The van der Waals surface area contributed by atoms with Crippen molar-refractivity contribution in [3.63, 3.8) is 0 Å². The van der Waals surface area contributed by atoms with E-state index in [2.05, 4.69) is 9.35 Å². The zero-order chi connectivity index (χ0) is 10.1. The van der Waals surface area contributed by atoms with Crippen LogP contribution in [-0.2, 0) is 22.4 Å². The molecule has 0 aliphatic heterocycles. The van der Waals surface area contributed by atoms with E-state index in [-0.39, 0.29) is 40.4 Å². The molecular weight excluding hydrogens is 251 g/mol. The molecule has 1 heterocycles. The van der Waals surface area contributed by atoms with Gasteiger partial charge in [-0.25, -0.2) is 9.19 Å². The van der Waals surface area contributed by atoms with Gasteiger partial charge >= 0.3 is 29.6 Å². The summed E-state index contributed by atoms with van der Waals surface area (Å²) in [6, 6.07) is 1.60. The van der Waals surface area contributed by atoms with Crippen LogP contribution < -0.4 is 29.6 Å². The molecular formula is C7H8ClN2NaOS2. The van der Waals surface area contributed by atoms with Crippen LogP contribution in [0.15, 0.2) is 21.5 Å². The second-order valence-electron chi connectivity index (χ2n) is 2.72. The molecule has 0 unspecified atom stereocenters. The Labute approximate surface area is 117 Å². The van der Waals surface area contributed by atoms with Gasteiger partial charge in [0, 0.05) is 28.4 Å². The molecule has 0 amide bonds. The first-order valence-electron chi connectivity index (χ1n) is 3.39. The standard InChI is InChI=1S/C7H9ClN2OS2.Na/c1-13(2,11)10-7-6(8)5(12)3-4-9-7;/h3-4H,1-2H3,(H,9,12);/q;+1/p-1. The molecule has 14 heavy (non-hydrogen) atoms. The van der Waals surface area contributed by atoms with E-state index < -0.39 is 9.73 Å². The zero-order valence-electron chi connectivity index (χ0n) is 8.15. The summed E-state index contributed by atoms with van der Waals surface area (Å²) in [6.07, 6.45) is 4.53. The zero-order valence-corrected chi connectivity index (χ0v) is 12.5. The summed E-state index contributed by atoms with van der Waals surface area (Å²) in [5.41, 5.74) is 0. The third-order valence-electron chi connectivity index (χ3n) is 1.14. The molecule has 0 saturated heterocycles. The molecule has 0 saturated carbocycles. The maximum Gasteiger partial charge on any atom is 1.00 e. The Balaban J connectivity index is 0.00000169. The molecule has 0 N–H and O–H groups in total. The number of halogens is 1. The van der Waals surface area contributed by atoms with Crippen molar-refractivity contribution >= 4 is 39.8 Å². The van der Waals surface area contributed by atoms with E-state index in [0.29, 0.717) is 4.90 Å². The van der Waals surface area contributed by atoms with Crippen LogP contribution in [0.4, 0.5) is 5.82 Å². The normalized spacial score (nSPS) is 10.5. The largest absolute Gasteiger partial charge is 1.00 e. The molecule has 72 valence electrons. The number of aromatic nitrogens is 1. The van der Waals surface area contributed by atoms with Crippen LogP contribution in [0.5, 0.6) is 0 Å². The average molecular weight is 259 g/mol. The first-order valence-corrected chi connectivity index (χ1v) is 6.50. The van der Waals surface area contributed by atoms with Crippen molar-refractivity contribution in [3.8, 4) is 0 Å². The van der Waals surface area contributed by atoms with Crippen molar-refractivity contribution < 1.29 is 33.8 Å². The summed E-state index contributed by atoms with van der Waals surface area (Å²) in [6.45, 7) is 0. The van der Waals surface area contributed by atoms with E-state index in [0.717, 1.165) is 0 Å². The molecule has 0 radical (unpaired) electrons. The summed E-state index contributed by atoms with van der Waals surface area (Å²) < 4.78 is 15.2. The third-order valence-corrected chi connectivity index (χ3v) is 2.58. The molecule has 0 spiro atoms. The monoisotopic (exact) mass is 258 g/mol. The number of hydrogen-bond donors (Lipinski definition) is 0. The Kier molecular flexibility index (Phi) is 5.87. The van der Waals surface area contributed by atoms with E-state index in [1.807, 2.05) is 0 Å². The number of rotatable bonds is 1. The predicted molar refractivity (Wildman–Crippen MR) is 57.0 cm³/mol. The minimum Gasteiger partial charge on any atom is -0.778 e. The maximum atomic E-state index is 11.3. The Bertz CT molecular complexity index is 435. The molecule has 0 atom stereocenters. The number of hydrogen-bond acceptors (Lipinski definition) is 4. The molecule has 0 aliphatic rings. The van der Waals surface area contributed by atoms with Crippen molar-refractivity contribution in [1.82, 2.24) is 4.98 Å². The summed E-state index contributed by atoms with van der Waals surface area (Å²) >= 11 is 10.7. The van der Waals surface area contributed by atoms with Gasteiger partial charge in [0.15, 0.2) is 5.82 Å². The Morgan fingerprint density at radius 2 is 2.14 bits per heavy atom. The second kappa shape index (κ2) is 5.63. The average Bonchev–Trinajstić information content (AvgIpc) is 1.96. The van der Waals surface area contributed by atoms with Crippen LogP contribution in [0.3, 0.4) is 0 Å². The van der Waals surface area contributed by atoms with E-state index >= 15 is 0 Å². The van der Waals surface area contributed by atoms with Gasteiger partial charge in [0.05, 0.1) is 5.02 Å². The Morgan fingerprint density at radius 1 is 1.57 bits per heavy atom. The van der Waals surface area contributed by atoms with Gasteiger partial charge in [-0.15, -0.1) is 0 Å². The van der Waals surface area contributed by atoms with Crippen LogP contribution in [0.25, 0.3) is 0 Å². The van der Waals surface area contributed by atoms with Crippen LogP contribution in [0, 0.1) is 0 Å². The second-order valence-corrected chi connectivity index (χ2v) is 6.08. The van der Waals surface area contributed by atoms with Crippen LogP contribution in [-0.4, -0.2) is 21.7 Å². The summed E-state index contributed by atoms with van der Waals surface area (Å²) in [4.78, 5) is 4.35. The van der Waals surface area contributed by atoms with E-state index in [4.69, 9.17) is 24.2 Å². The van der Waals surface area contributed by atoms with Crippen molar-refractivity contribution in [2.45, 2.75) is 4.90 Å². The Hall–Kier alpha value is 0.610. The van der Waals surface area contributed by atoms with Gasteiger partial charge in [-0.1, -0.05) is 17.7 Å². The fraction of sp³-hybridized carbons (Fsp3) is 0.286. The molecule has 0 aliphatic carbocycles. The van der Waals surface area contributed by atoms with Crippen molar-refractivity contribution in [1.29, 1.82) is 0 Å². The van der Waals surface area contributed by atoms with Gasteiger partial charge in [0.25, 0.3) is 0 Å². The molecule has 0 fully saturated rings. The smallest absolute Gasteiger partial charge is 0.778 e. The van der Waals surface area contributed by atoms with E-state index in [1.54, 1.807) is 6.07 Å². The molecule has 1 aromatic rings. The Morgan fingerprint density at radius 3 is 2.64 bits per heavy atom. The molecule has 0 bridgehead atoms. The SMILES string of the molecule is CS(C)(=O)=Nc1nccc([S-])c1Cl.[Na+]. The molecule has 7 heteroatoms. The van der Waals surface area contributed by atoms with E-state index in [9.17, 15) is 4.21 Å². The summed E-state index contributed by atoms with van der Waals surface area (Å²) in [7, 11) is -2.23. The molecule has 1 rings (SSSR count). The molecule has 0 aromatic carbocycles. The molecule has 3 nitrogen and oxygen atoms in total.